The van der Waals surface area contributed by atoms with Gasteiger partial charge in [0.1, 0.15) is 5.75 Å². The van der Waals surface area contributed by atoms with Crippen LogP contribution in [0.15, 0.2) is 46.9 Å². The first-order valence-corrected chi connectivity index (χ1v) is 8.72. The highest BCUT2D eigenvalue weighted by molar-refractivity contribution is 9.10. The Balaban J connectivity index is 1.75. The number of aryl methyl sites for hydroxylation is 1. The van der Waals surface area contributed by atoms with Crippen molar-refractivity contribution in [1.82, 2.24) is 0 Å². The van der Waals surface area contributed by atoms with Crippen molar-refractivity contribution in [2.24, 2.45) is 5.92 Å². The van der Waals surface area contributed by atoms with Gasteiger partial charge < -0.3 is 4.74 Å². The van der Waals surface area contributed by atoms with E-state index >= 15 is 0 Å². The summed E-state index contributed by atoms with van der Waals surface area (Å²) in [7, 11) is 0. The minimum Gasteiger partial charge on any atom is -0.405 e. The molecule has 0 aliphatic heterocycles. The summed E-state index contributed by atoms with van der Waals surface area (Å²) in [5.41, 5.74) is 3.25. The normalized spacial score (nSPS) is 20.5. The minimum absolute atomic E-state index is 0.183. The number of alkyl halides is 3. The molecule has 2 aromatic carbocycles. The fourth-order valence-corrected chi connectivity index (χ4v) is 3.83. The smallest absolute Gasteiger partial charge is 0.405 e. The van der Waals surface area contributed by atoms with Gasteiger partial charge in [-0.25, -0.2) is 0 Å². The van der Waals surface area contributed by atoms with E-state index in [-0.39, 0.29) is 5.75 Å². The predicted molar refractivity (Wildman–Crippen MR) is 91.2 cm³/mol. The van der Waals surface area contributed by atoms with Gasteiger partial charge in [-0.3, -0.25) is 0 Å². The van der Waals surface area contributed by atoms with Crippen molar-refractivity contribution in [3.63, 3.8) is 0 Å². The molecular weight excluding hydrogens is 381 g/mol. The Morgan fingerprint density at radius 3 is 2.42 bits per heavy atom. The van der Waals surface area contributed by atoms with Crippen LogP contribution in [-0.2, 0) is 6.42 Å². The van der Waals surface area contributed by atoms with Gasteiger partial charge in [-0.2, -0.15) is 0 Å². The highest BCUT2D eigenvalue weighted by atomic mass is 79.9. The molecule has 128 valence electrons. The van der Waals surface area contributed by atoms with Crippen molar-refractivity contribution < 1.29 is 17.9 Å². The van der Waals surface area contributed by atoms with Gasteiger partial charge in [0.2, 0.25) is 0 Å². The van der Waals surface area contributed by atoms with Crippen molar-refractivity contribution in [2.45, 2.75) is 38.5 Å². The van der Waals surface area contributed by atoms with Crippen molar-refractivity contribution in [1.29, 1.82) is 0 Å². The maximum absolute atomic E-state index is 12.4. The van der Waals surface area contributed by atoms with E-state index in [2.05, 4.69) is 44.9 Å². The number of ether oxygens (including phenoxy) is 1. The molecule has 1 fully saturated rings. The first-order chi connectivity index (χ1) is 11.3. The molecule has 0 saturated heterocycles. The summed E-state index contributed by atoms with van der Waals surface area (Å²) in [5.74, 6) is 0.889. The average molecular weight is 399 g/mol. The fraction of sp³-hybridized carbons (Fsp3) is 0.368. The van der Waals surface area contributed by atoms with E-state index in [9.17, 15) is 13.2 Å². The van der Waals surface area contributed by atoms with E-state index in [0.29, 0.717) is 16.3 Å². The zero-order valence-electron chi connectivity index (χ0n) is 13.2. The molecule has 1 nitrogen and oxygen atoms in total. The Hall–Kier alpha value is -1.49. The molecule has 0 aromatic heterocycles. The third kappa shape index (κ3) is 3.94. The van der Waals surface area contributed by atoms with Crippen molar-refractivity contribution in [3.8, 4) is 5.75 Å². The zero-order valence-corrected chi connectivity index (χ0v) is 14.8. The molecule has 2 atom stereocenters. The van der Waals surface area contributed by atoms with Crippen LogP contribution in [0.2, 0.25) is 0 Å². The number of halogens is 4. The van der Waals surface area contributed by atoms with Gasteiger partial charge in [-0.15, -0.1) is 13.2 Å². The third-order valence-corrected chi connectivity index (χ3v) is 5.36. The quantitative estimate of drug-likeness (QED) is 0.579. The average Bonchev–Trinajstić information content (AvgIpc) is 2.47. The van der Waals surface area contributed by atoms with E-state index in [0.717, 1.165) is 24.0 Å². The molecule has 5 heteroatoms. The molecule has 24 heavy (non-hydrogen) atoms. The van der Waals surface area contributed by atoms with Gasteiger partial charge in [-0.05, 0) is 82.8 Å². The molecule has 1 saturated carbocycles. The second kappa shape index (κ2) is 6.79. The summed E-state index contributed by atoms with van der Waals surface area (Å²) in [6.07, 6.45) is -1.49. The minimum atomic E-state index is -4.68. The molecule has 3 rings (SSSR count). The largest absolute Gasteiger partial charge is 0.573 e. The highest BCUT2D eigenvalue weighted by Crippen LogP contribution is 2.45. The topological polar surface area (TPSA) is 9.23 Å². The van der Waals surface area contributed by atoms with Crippen LogP contribution < -0.4 is 4.74 Å². The lowest BCUT2D eigenvalue weighted by atomic mass is 9.67. The number of rotatable bonds is 4. The van der Waals surface area contributed by atoms with Crippen LogP contribution >= 0.6 is 15.9 Å². The van der Waals surface area contributed by atoms with E-state index in [4.69, 9.17) is 0 Å². The number of hydrogen-bond acceptors (Lipinski definition) is 1. The SMILES string of the molecule is Cc1cc(OC(F)(F)F)c(Br)cc1CC1CCC1c1ccccc1. The van der Waals surface area contributed by atoms with Gasteiger partial charge in [0, 0.05) is 0 Å². The van der Waals surface area contributed by atoms with Gasteiger partial charge in [0.15, 0.2) is 0 Å². The molecule has 2 unspecified atom stereocenters. The Labute approximate surface area is 148 Å². The van der Waals surface area contributed by atoms with Gasteiger partial charge >= 0.3 is 6.36 Å². The molecule has 0 bridgehead atoms. The summed E-state index contributed by atoms with van der Waals surface area (Å²) in [4.78, 5) is 0. The molecular formula is C19H18BrF3O. The van der Waals surface area contributed by atoms with Crippen LogP contribution in [0.25, 0.3) is 0 Å². The van der Waals surface area contributed by atoms with Gasteiger partial charge in [-0.1, -0.05) is 30.3 Å². The molecule has 0 radical (unpaired) electrons. The van der Waals surface area contributed by atoms with Crippen LogP contribution in [0, 0.1) is 12.8 Å². The van der Waals surface area contributed by atoms with Gasteiger partial charge in [0.25, 0.3) is 0 Å². The first-order valence-electron chi connectivity index (χ1n) is 7.93. The number of hydrogen-bond donors (Lipinski definition) is 0. The maximum Gasteiger partial charge on any atom is 0.573 e. The molecule has 1 aliphatic carbocycles. The lowest BCUT2D eigenvalue weighted by Crippen LogP contribution is -2.26. The van der Waals surface area contributed by atoms with E-state index in [1.165, 1.54) is 18.1 Å². The van der Waals surface area contributed by atoms with E-state index in [1.807, 2.05) is 13.0 Å². The summed E-state index contributed by atoms with van der Waals surface area (Å²) in [5, 5.41) is 0. The van der Waals surface area contributed by atoms with Crippen molar-refractivity contribution >= 4 is 15.9 Å². The highest BCUT2D eigenvalue weighted by Gasteiger charge is 2.34. The second-order valence-corrected chi connectivity index (χ2v) is 7.17. The van der Waals surface area contributed by atoms with Gasteiger partial charge in [0.05, 0.1) is 4.47 Å². The van der Waals surface area contributed by atoms with E-state index < -0.39 is 6.36 Å². The molecule has 0 heterocycles. The van der Waals surface area contributed by atoms with E-state index in [1.54, 1.807) is 6.07 Å². The third-order valence-electron chi connectivity index (χ3n) is 4.74. The van der Waals surface area contributed by atoms with Crippen molar-refractivity contribution in [2.75, 3.05) is 0 Å². The van der Waals surface area contributed by atoms with Crippen LogP contribution in [-0.4, -0.2) is 6.36 Å². The predicted octanol–water partition coefficient (Wildman–Crippen LogP) is 6.39. The lowest BCUT2D eigenvalue weighted by Gasteiger charge is -2.37. The Bertz CT molecular complexity index is 713. The molecule has 0 N–H and O–H groups in total. The number of benzene rings is 2. The lowest BCUT2D eigenvalue weighted by molar-refractivity contribution is -0.274. The fourth-order valence-electron chi connectivity index (χ4n) is 3.35. The van der Waals surface area contributed by atoms with Crippen molar-refractivity contribution in [3.05, 3.63) is 63.6 Å². The summed E-state index contributed by atoms with van der Waals surface area (Å²) < 4.78 is 41.7. The van der Waals surface area contributed by atoms with Crippen LogP contribution in [0.5, 0.6) is 5.75 Å². The first kappa shape index (κ1) is 17.3. The maximum atomic E-state index is 12.4. The summed E-state index contributed by atoms with van der Waals surface area (Å²) >= 11 is 3.20. The Kier molecular flexibility index (Phi) is 4.90. The Morgan fingerprint density at radius 2 is 1.83 bits per heavy atom. The summed E-state index contributed by atoms with van der Waals surface area (Å²) in [6.45, 7) is 1.83. The van der Waals surface area contributed by atoms with Crippen LogP contribution in [0.4, 0.5) is 13.2 Å². The molecule has 0 amide bonds. The molecule has 2 aromatic rings. The van der Waals surface area contributed by atoms with Crippen LogP contribution in [0.1, 0.15) is 35.4 Å². The zero-order chi connectivity index (χ0) is 17.3. The Morgan fingerprint density at radius 1 is 1.12 bits per heavy atom. The molecule has 1 aliphatic rings. The molecule has 0 spiro atoms. The standard InChI is InChI=1S/C19H18BrF3O/c1-12-9-18(24-19(21,22)23)17(20)11-15(12)10-14-7-8-16(14)13-5-3-2-4-6-13/h2-6,9,11,14,16H,7-8,10H2,1H3. The van der Waals surface area contributed by atoms with Crippen LogP contribution in [0.3, 0.4) is 0 Å². The monoisotopic (exact) mass is 398 g/mol. The summed E-state index contributed by atoms with van der Waals surface area (Å²) in [6, 6.07) is 13.6. The second-order valence-electron chi connectivity index (χ2n) is 6.32.